The fourth-order valence-corrected chi connectivity index (χ4v) is 1.34. The van der Waals surface area contributed by atoms with Crippen LogP contribution in [0.3, 0.4) is 0 Å². The molecule has 0 saturated heterocycles. The number of anilines is 1. The number of nitrogens with one attached hydrogen (secondary N) is 1. The van der Waals surface area contributed by atoms with Crippen LogP contribution in [0.4, 0.5) is 5.82 Å². The zero-order valence-electron chi connectivity index (χ0n) is 10.7. The smallest absolute Gasteiger partial charge is 0.346 e. The summed E-state index contributed by atoms with van der Waals surface area (Å²) in [7, 11) is 2.75. The maximum absolute atomic E-state index is 11.7. The van der Waals surface area contributed by atoms with E-state index in [2.05, 4.69) is 10.4 Å². The van der Waals surface area contributed by atoms with E-state index in [1.807, 2.05) is 0 Å². The molecule has 1 aromatic rings. The minimum Gasteiger partial charge on any atom is -0.481 e. The quantitative estimate of drug-likeness (QED) is 0.715. The number of aliphatic carboxylic acids is 1. The molecule has 0 amide bonds. The van der Waals surface area contributed by atoms with Gasteiger partial charge in [-0.3, -0.25) is 14.2 Å². The molecule has 1 heterocycles. The fourth-order valence-electron chi connectivity index (χ4n) is 1.34. The second kappa shape index (κ2) is 5.03. The molecule has 0 aliphatic carbocycles. The summed E-state index contributed by atoms with van der Waals surface area (Å²) >= 11 is 0. The molecule has 2 atom stereocenters. The Bertz CT molecular complexity index is 574. The third kappa shape index (κ3) is 2.58. The molecular weight excluding hydrogens is 240 g/mol. The lowest BCUT2D eigenvalue weighted by molar-refractivity contribution is -0.141. The van der Waals surface area contributed by atoms with Crippen LogP contribution in [0.1, 0.15) is 13.8 Å². The molecule has 1 rings (SSSR count). The summed E-state index contributed by atoms with van der Waals surface area (Å²) in [5.74, 6) is -1.70. The van der Waals surface area contributed by atoms with E-state index >= 15 is 0 Å². The van der Waals surface area contributed by atoms with Crippen molar-refractivity contribution in [1.29, 1.82) is 0 Å². The first-order valence-electron chi connectivity index (χ1n) is 5.39. The van der Waals surface area contributed by atoms with E-state index in [4.69, 9.17) is 5.11 Å². The van der Waals surface area contributed by atoms with Crippen molar-refractivity contribution in [3.8, 4) is 0 Å². The largest absolute Gasteiger partial charge is 0.481 e. The van der Waals surface area contributed by atoms with Gasteiger partial charge in [-0.05, 0) is 13.8 Å². The number of nitrogens with zero attached hydrogens (tertiary/aromatic N) is 3. The van der Waals surface area contributed by atoms with E-state index < -0.39 is 29.2 Å². The van der Waals surface area contributed by atoms with Crippen LogP contribution in [0.15, 0.2) is 9.59 Å². The van der Waals surface area contributed by atoms with E-state index in [0.29, 0.717) is 0 Å². The maximum atomic E-state index is 11.7. The molecule has 0 aliphatic rings. The molecule has 8 heteroatoms. The van der Waals surface area contributed by atoms with Crippen LogP contribution in [0.2, 0.25) is 0 Å². The molecule has 0 aliphatic heterocycles. The summed E-state index contributed by atoms with van der Waals surface area (Å²) in [5.41, 5.74) is -1.12. The standard InChI is InChI=1S/C10H16N4O4/c1-5(9(16)17)6(2)11-7-8(15)13(3)10(18)14(4)12-7/h5-6H,1-4H3,(H,11,12)(H,16,17). The Balaban J connectivity index is 3.10. The summed E-state index contributed by atoms with van der Waals surface area (Å²) in [5, 5.41) is 15.4. The van der Waals surface area contributed by atoms with Crippen molar-refractivity contribution in [2.24, 2.45) is 20.0 Å². The SMILES string of the molecule is CC(Nc1nn(C)c(=O)n(C)c1=O)C(C)C(=O)O. The van der Waals surface area contributed by atoms with Crippen LogP contribution < -0.4 is 16.6 Å². The highest BCUT2D eigenvalue weighted by Gasteiger charge is 2.21. The zero-order chi connectivity index (χ0) is 14.0. The van der Waals surface area contributed by atoms with E-state index in [1.54, 1.807) is 6.92 Å². The second-order valence-corrected chi connectivity index (χ2v) is 4.18. The van der Waals surface area contributed by atoms with E-state index in [1.165, 1.54) is 21.0 Å². The van der Waals surface area contributed by atoms with Gasteiger partial charge < -0.3 is 10.4 Å². The predicted octanol–water partition coefficient (Wildman–Crippen LogP) is -1.000. The molecule has 0 spiro atoms. The summed E-state index contributed by atoms with van der Waals surface area (Å²) < 4.78 is 1.93. The van der Waals surface area contributed by atoms with Gasteiger partial charge in [-0.15, -0.1) is 5.10 Å². The van der Waals surface area contributed by atoms with Crippen LogP contribution in [-0.2, 0) is 18.9 Å². The molecule has 1 aromatic heterocycles. The van der Waals surface area contributed by atoms with Crippen LogP contribution in [0.25, 0.3) is 0 Å². The summed E-state index contributed by atoms with van der Waals surface area (Å²) in [6.45, 7) is 3.15. The van der Waals surface area contributed by atoms with Gasteiger partial charge in [-0.2, -0.15) is 0 Å². The Hall–Kier alpha value is -2.12. The lowest BCUT2D eigenvalue weighted by Crippen LogP contribution is -2.42. The maximum Gasteiger partial charge on any atom is 0.346 e. The molecule has 100 valence electrons. The molecule has 0 bridgehead atoms. The van der Waals surface area contributed by atoms with Gasteiger partial charge in [-0.25, -0.2) is 9.48 Å². The molecule has 0 radical (unpaired) electrons. The number of carbonyl (C=O) groups is 1. The van der Waals surface area contributed by atoms with E-state index in [-0.39, 0.29) is 5.82 Å². The van der Waals surface area contributed by atoms with Crippen molar-refractivity contribution < 1.29 is 9.90 Å². The molecule has 18 heavy (non-hydrogen) atoms. The first kappa shape index (κ1) is 13.9. The number of carboxylic acids is 1. The van der Waals surface area contributed by atoms with Crippen LogP contribution >= 0.6 is 0 Å². The van der Waals surface area contributed by atoms with Crippen LogP contribution in [-0.4, -0.2) is 31.5 Å². The number of hydrogen-bond donors (Lipinski definition) is 2. The number of rotatable bonds is 4. The minimum atomic E-state index is -0.975. The number of hydrogen-bond acceptors (Lipinski definition) is 5. The van der Waals surface area contributed by atoms with Gasteiger partial charge in [0.05, 0.1) is 5.92 Å². The number of aryl methyl sites for hydroxylation is 1. The van der Waals surface area contributed by atoms with E-state index in [0.717, 1.165) is 9.25 Å². The molecule has 2 N–H and O–H groups in total. The van der Waals surface area contributed by atoms with Gasteiger partial charge in [0.2, 0.25) is 5.82 Å². The summed E-state index contributed by atoms with van der Waals surface area (Å²) in [4.78, 5) is 34.0. The highest BCUT2D eigenvalue weighted by molar-refractivity contribution is 5.70. The Kier molecular flexibility index (Phi) is 3.89. The molecule has 0 fully saturated rings. The van der Waals surface area contributed by atoms with Crippen molar-refractivity contribution in [2.75, 3.05) is 5.32 Å². The first-order valence-corrected chi connectivity index (χ1v) is 5.39. The number of aromatic nitrogens is 3. The highest BCUT2D eigenvalue weighted by atomic mass is 16.4. The summed E-state index contributed by atoms with van der Waals surface area (Å²) in [6.07, 6.45) is 0. The normalized spacial score (nSPS) is 14.0. The molecule has 2 unspecified atom stereocenters. The fraction of sp³-hybridized carbons (Fsp3) is 0.600. The Labute approximate surface area is 103 Å². The molecular formula is C10H16N4O4. The first-order chi connectivity index (χ1) is 8.25. The summed E-state index contributed by atoms with van der Waals surface area (Å²) in [6, 6.07) is -0.486. The Morgan fingerprint density at radius 1 is 1.33 bits per heavy atom. The monoisotopic (exact) mass is 256 g/mol. The lowest BCUT2D eigenvalue weighted by Gasteiger charge is -2.18. The van der Waals surface area contributed by atoms with Crippen LogP contribution in [0, 0.1) is 5.92 Å². The zero-order valence-corrected chi connectivity index (χ0v) is 10.7. The van der Waals surface area contributed by atoms with Crippen LogP contribution in [0.5, 0.6) is 0 Å². The van der Waals surface area contributed by atoms with Gasteiger partial charge in [0.15, 0.2) is 0 Å². The van der Waals surface area contributed by atoms with Crippen molar-refractivity contribution in [3.63, 3.8) is 0 Å². The third-order valence-corrected chi connectivity index (χ3v) is 2.82. The number of carboxylic acid groups (broad SMARTS) is 1. The third-order valence-electron chi connectivity index (χ3n) is 2.82. The van der Waals surface area contributed by atoms with Gasteiger partial charge in [0, 0.05) is 20.1 Å². The van der Waals surface area contributed by atoms with Gasteiger partial charge in [0.1, 0.15) is 0 Å². The van der Waals surface area contributed by atoms with Gasteiger partial charge in [0.25, 0.3) is 5.56 Å². The minimum absolute atomic E-state index is 0.0415. The molecule has 0 aromatic carbocycles. The van der Waals surface area contributed by atoms with Crippen molar-refractivity contribution in [1.82, 2.24) is 14.3 Å². The average Bonchev–Trinajstić information content (AvgIpc) is 2.32. The van der Waals surface area contributed by atoms with Crippen molar-refractivity contribution in [2.45, 2.75) is 19.9 Å². The topological polar surface area (TPSA) is 106 Å². The van der Waals surface area contributed by atoms with Crippen molar-refractivity contribution in [3.05, 3.63) is 20.8 Å². The Morgan fingerprint density at radius 2 is 1.89 bits per heavy atom. The predicted molar refractivity (Wildman–Crippen MR) is 64.6 cm³/mol. The highest BCUT2D eigenvalue weighted by Crippen LogP contribution is 2.06. The van der Waals surface area contributed by atoms with E-state index in [9.17, 15) is 14.4 Å². The Morgan fingerprint density at radius 3 is 2.39 bits per heavy atom. The second-order valence-electron chi connectivity index (χ2n) is 4.18. The average molecular weight is 256 g/mol. The lowest BCUT2D eigenvalue weighted by atomic mass is 10.0. The van der Waals surface area contributed by atoms with Crippen molar-refractivity contribution >= 4 is 11.8 Å². The molecule has 0 saturated carbocycles. The molecule has 8 nitrogen and oxygen atoms in total. The van der Waals surface area contributed by atoms with Gasteiger partial charge >= 0.3 is 11.7 Å². The van der Waals surface area contributed by atoms with Gasteiger partial charge in [-0.1, -0.05) is 0 Å².